The summed E-state index contributed by atoms with van der Waals surface area (Å²) in [4.78, 5) is 72.4. The maximum absolute atomic E-state index is 14.4. The van der Waals surface area contributed by atoms with E-state index in [-0.39, 0.29) is 36.5 Å². The first-order valence-electron chi connectivity index (χ1n) is 17.4. The molecule has 17 heteroatoms. The average molecular weight is 754 g/mol. The lowest BCUT2D eigenvalue weighted by molar-refractivity contribution is -0.145. The molecular weight excluding hydrogens is 700 g/mol. The predicted molar refractivity (Wildman–Crippen MR) is 189 cm³/mol. The molecule has 1 saturated heterocycles. The minimum Gasteiger partial charge on any atom is -0.346 e. The Labute approximate surface area is 305 Å². The van der Waals surface area contributed by atoms with Gasteiger partial charge in [0.2, 0.25) is 24.0 Å². The summed E-state index contributed by atoms with van der Waals surface area (Å²) in [5, 5.41) is 10.0. The van der Waals surface area contributed by atoms with E-state index in [1.807, 2.05) is 20.8 Å². The number of hydrogen-bond acceptors (Lipinski definition) is 8. The number of pyridine rings is 1. The lowest BCUT2D eigenvalue weighted by Gasteiger charge is -2.38. The summed E-state index contributed by atoms with van der Waals surface area (Å²) in [5.74, 6) is -4.21. The van der Waals surface area contributed by atoms with Crippen LogP contribution in [0.2, 0.25) is 0 Å². The normalized spacial score (nSPS) is 20.8. The number of nitrogens with one attached hydrogen (secondary N) is 4. The van der Waals surface area contributed by atoms with Gasteiger partial charge in [-0.2, -0.15) is 4.31 Å². The van der Waals surface area contributed by atoms with Crippen molar-refractivity contribution in [1.82, 2.24) is 35.5 Å². The van der Waals surface area contributed by atoms with Gasteiger partial charge < -0.3 is 26.2 Å². The number of aromatic nitrogens is 1. The molecule has 3 rings (SSSR count). The smallest absolute Gasteiger partial charge is 0.315 e. The van der Waals surface area contributed by atoms with Crippen molar-refractivity contribution in [1.29, 1.82) is 0 Å². The molecule has 2 aliphatic rings. The van der Waals surface area contributed by atoms with E-state index in [1.165, 1.54) is 30.3 Å². The van der Waals surface area contributed by atoms with Gasteiger partial charge in [-0.1, -0.05) is 60.1 Å². The highest BCUT2D eigenvalue weighted by Gasteiger charge is 2.52. The molecule has 1 saturated carbocycles. The molecule has 2 fully saturated rings. The molecule has 1 aromatic rings. The van der Waals surface area contributed by atoms with E-state index in [1.54, 1.807) is 32.9 Å². The molecule has 5 amide bonds. The van der Waals surface area contributed by atoms with Gasteiger partial charge in [0.15, 0.2) is 5.03 Å². The second-order valence-corrected chi connectivity index (χ2v) is 17.6. The number of halogens is 2. The van der Waals surface area contributed by atoms with Crippen molar-refractivity contribution in [3.63, 3.8) is 0 Å². The molecule has 0 bridgehead atoms. The Kier molecular flexibility index (Phi) is 14.1. The number of amides is 5. The van der Waals surface area contributed by atoms with E-state index in [0.717, 1.165) is 17.1 Å². The van der Waals surface area contributed by atoms with Crippen molar-refractivity contribution >= 4 is 39.6 Å². The van der Waals surface area contributed by atoms with Crippen molar-refractivity contribution in [2.75, 3.05) is 26.7 Å². The van der Waals surface area contributed by atoms with E-state index in [9.17, 15) is 41.2 Å². The lowest BCUT2D eigenvalue weighted by atomic mass is 9.85. The summed E-state index contributed by atoms with van der Waals surface area (Å²) in [6.07, 6.45) is 0.650. The average Bonchev–Trinajstić information content (AvgIpc) is 3.66. The summed E-state index contributed by atoms with van der Waals surface area (Å²) in [6, 6.07) is -1.10. The van der Waals surface area contributed by atoms with E-state index in [4.69, 9.17) is 0 Å². The highest BCUT2D eigenvalue weighted by Crippen LogP contribution is 2.43. The van der Waals surface area contributed by atoms with Crippen LogP contribution in [-0.4, -0.2) is 109 Å². The second-order valence-electron chi connectivity index (χ2n) is 15.6. The van der Waals surface area contributed by atoms with Crippen LogP contribution in [0.5, 0.6) is 0 Å². The van der Waals surface area contributed by atoms with Crippen LogP contribution in [0.3, 0.4) is 0 Å². The Morgan fingerprint density at radius 1 is 1.04 bits per heavy atom. The largest absolute Gasteiger partial charge is 0.346 e. The Morgan fingerprint density at radius 3 is 2.27 bits per heavy atom. The zero-order chi connectivity index (χ0) is 39.2. The zero-order valence-corrected chi connectivity index (χ0v) is 31.8. The number of fused-ring (bicyclic) bond motifs is 1. The van der Waals surface area contributed by atoms with Crippen LogP contribution >= 0.6 is 0 Å². The number of sulfonamides is 1. The fraction of sp³-hybridized carbons (Fsp3) is 0.657. The summed E-state index contributed by atoms with van der Waals surface area (Å²) >= 11 is 0. The van der Waals surface area contributed by atoms with Crippen LogP contribution in [-0.2, 0) is 29.2 Å². The van der Waals surface area contributed by atoms with Gasteiger partial charge in [0.05, 0.1) is 0 Å². The first-order chi connectivity index (χ1) is 24.1. The Balaban J connectivity index is 1.85. The third-order valence-corrected chi connectivity index (χ3v) is 11.4. The number of urea groups is 1. The minimum atomic E-state index is -3.99. The van der Waals surface area contributed by atoms with Crippen molar-refractivity contribution in [3.05, 3.63) is 37.1 Å². The van der Waals surface area contributed by atoms with Crippen molar-refractivity contribution in [3.8, 4) is 0 Å². The van der Waals surface area contributed by atoms with Gasteiger partial charge >= 0.3 is 6.03 Å². The summed E-state index contributed by atoms with van der Waals surface area (Å²) < 4.78 is 54.6. The number of hydrogen-bond donors (Lipinski definition) is 4. The van der Waals surface area contributed by atoms with Crippen LogP contribution in [0.15, 0.2) is 42.1 Å². The van der Waals surface area contributed by atoms with Crippen LogP contribution in [0.25, 0.3) is 0 Å². The number of carbonyl (C=O) groups is 5. The molecular formula is C35H53F2N7O7S. The molecule has 0 radical (unpaired) electrons. The highest BCUT2D eigenvalue weighted by molar-refractivity contribution is 7.89. The monoisotopic (exact) mass is 753 g/mol. The molecule has 1 aliphatic carbocycles. The number of ketones is 1. The van der Waals surface area contributed by atoms with Crippen molar-refractivity contribution < 1.29 is 41.2 Å². The van der Waals surface area contributed by atoms with Gasteiger partial charge in [-0.25, -0.2) is 27.0 Å². The minimum absolute atomic E-state index is 0.0730. The molecule has 1 aliphatic heterocycles. The predicted octanol–water partition coefficient (Wildman–Crippen LogP) is 2.47. The van der Waals surface area contributed by atoms with E-state index in [0.29, 0.717) is 6.42 Å². The summed E-state index contributed by atoms with van der Waals surface area (Å²) in [6.45, 7) is 14.1. The van der Waals surface area contributed by atoms with Gasteiger partial charge in [-0.15, -0.1) is 6.58 Å². The first kappa shape index (κ1) is 42.4. The van der Waals surface area contributed by atoms with Crippen molar-refractivity contribution in [2.24, 2.45) is 22.7 Å². The maximum atomic E-state index is 14.4. The van der Waals surface area contributed by atoms with Gasteiger partial charge in [0.25, 0.3) is 15.9 Å². The summed E-state index contributed by atoms with van der Waals surface area (Å²) in [7, 11) is -2.61. The van der Waals surface area contributed by atoms with E-state index in [2.05, 4.69) is 32.8 Å². The van der Waals surface area contributed by atoms with Crippen LogP contribution in [0.1, 0.15) is 67.2 Å². The molecule has 1 aromatic heterocycles. The first-order valence-corrected chi connectivity index (χ1v) is 18.8. The number of Topliss-reactive ketones (excluding diaryl/α,β-unsaturated/α-hetero) is 1. The summed E-state index contributed by atoms with van der Waals surface area (Å²) in [5.41, 5.74) is -1.53. The third-order valence-electron chi connectivity index (χ3n) is 9.61. The highest BCUT2D eigenvalue weighted by atomic mass is 32.2. The maximum Gasteiger partial charge on any atom is 0.315 e. The molecule has 0 unspecified atom stereocenters. The number of nitrogens with zero attached hydrogens (tertiary/aromatic N) is 3. The van der Waals surface area contributed by atoms with E-state index >= 15 is 0 Å². The second kappa shape index (κ2) is 17.2. The van der Waals surface area contributed by atoms with Gasteiger partial charge in [-0.05, 0) is 47.6 Å². The van der Waals surface area contributed by atoms with Crippen molar-refractivity contribution in [2.45, 2.75) is 103 Å². The molecule has 52 heavy (non-hydrogen) atoms. The fourth-order valence-corrected chi connectivity index (χ4v) is 7.75. The molecule has 290 valence electrons. The lowest BCUT2D eigenvalue weighted by Crippen LogP contribution is -2.62. The molecule has 14 nitrogen and oxygen atoms in total. The number of carbonyl (C=O) groups excluding carboxylic acids is 5. The molecule has 0 aromatic carbocycles. The number of likely N-dealkylation sites (N-methyl/N-ethyl adjacent to an activating group) is 1. The number of rotatable bonds is 15. The number of likely N-dealkylation sites (tertiary alicyclic amines) is 1. The fourth-order valence-electron chi connectivity index (χ4n) is 6.64. The van der Waals surface area contributed by atoms with Crippen LogP contribution in [0.4, 0.5) is 13.6 Å². The van der Waals surface area contributed by atoms with Gasteiger partial charge in [0, 0.05) is 45.3 Å². The van der Waals surface area contributed by atoms with Gasteiger partial charge in [0.1, 0.15) is 18.1 Å². The van der Waals surface area contributed by atoms with Gasteiger partial charge in [-0.3, -0.25) is 19.2 Å². The number of alkyl halides is 2. The third kappa shape index (κ3) is 10.5. The zero-order valence-electron chi connectivity index (χ0n) is 30.9. The molecule has 4 N–H and O–H groups in total. The SMILES string of the molecule is C=CCNC(=O)C(=O)[C@H](CC(F)F)NC(=O)[C@@H]1[C@H]2CCC[C@H]2CN1C(=O)[C@@H](NC(=O)N[C@H](CN(C)S(=O)(=O)c1ccccn1)C(C)(C)C)C(C)(C)C. The van der Waals surface area contributed by atoms with Crippen LogP contribution < -0.4 is 21.3 Å². The Morgan fingerprint density at radius 2 is 1.71 bits per heavy atom. The quantitative estimate of drug-likeness (QED) is 0.155. The molecule has 2 heterocycles. The Bertz CT molecular complexity index is 1580. The topological polar surface area (TPSA) is 187 Å². The Hall–Kier alpha value is -3.99. The molecule has 6 atom stereocenters. The molecule has 0 spiro atoms. The van der Waals surface area contributed by atoms with Crippen LogP contribution in [0, 0.1) is 22.7 Å². The van der Waals surface area contributed by atoms with E-state index < -0.39 is 87.4 Å². The standard InChI is InChI=1S/C35H53F2N7O7S/c1-9-16-39-31(47)28(45)23(18-25(36)37)40-30(46)27-22-14-12-13-21(22)19-44(27)32(48)29(35(5,6)7)42-33(49)41-24(34(2,3)4)20-43(8)52(50,51)26-15-10-11-17-38-26/h9-11,15,17,21-25,27,29H,1,12-14,16,18-20H2,2-8H3,(H,39,47)(H,40,46)(H2,41,42,49)/t21-,22-,23-,24+,27-,29+/m0/s1.